The van der Waals surface area contributed by atoms with Crippen LogP contribution in [0.4, 0.5) is 11.4 Å². The van der Waals surface area contributed by atoms with Crippen molar-refractivity contribution in [2.24, 2.45) is 0 Å². The molecule has 166 valence electrons. The first-order chi connectivity index (χ1) is 15.7. The van der Waals surface area contributed by atoms with E-state index in [4.69, 9.17) is 4.74 Å². The summed E-state index contributed by atoms with van der Waals surface area (Å²) in [6.45, 7) is 6.03. The number of carbonyl (C=O) groups is 2. The molecule has 1 N–H and O–H groups in total. The Morgan fingerprint density at radius 1 is 1.12 bits per heavy atom. The maximum absolute atomic E-state index is 13.1. The van der Waals surface area contributed by atoms with Crippen molar-refractivity contribution in [2.45, 2.75) is 32.7 Å². The minimum atomic E-state index is -0.693. The van der Waals surface area contributed by atoms with E-state index < -0.39 is 5.41 Å². The van der Waals surface area contributed by atoms with Crippen LogP contribution in [-0.4, -0.2) is 18.9 Å². The van der Waals surface area contributed by atoms with E-state index in [-0.39, 0.29) is 11.8 Å². The summed E-state index contributed by atoms with van der Waals surface area (Å²) in [6.07, 6.45) is 0. The lowest BCUT2D eigenvalue weighted by atomic mass is 9.85. The average Bonchev–Trinajstić information content (AvgIpc) is 3.15. The van der Waals surface area contributed by atoms with E-state index >= 15 is 0 Å². The highest BCUT2D eigenvalue weighted by atomic mass is 16.5. The lowest BCUT2D eigenvalue weighted by Crippen LogP contribution is -2.24. The van der Waals surface area contributed by atoms with E-state index in [9.17, 15) is 14.9 Å². The summed E-state index contributed by atoms with van der Waals surface area (Å²) in [7, 11) is 1.58. The van der Waals surface area contributed by atoms with Gasteiger partial charge in [-0.2, -0.15) is 5.26 Å². The van der Waals surface area contributed by atoms with Crippen LogP contribution in [0, 0.1) is 18.3 Å². The second-order valence-electron chi connectivity index (χ2n) is 8.69. The van der Waals surface area contributed by atoms with Crippen molar-refractivity contribution < 1.29 is 14.3 Å². The number of hydrogen-bond donors (Lipinski definition) is 1. The summed E-state index contributed by atoms with van der Waals surface area (Å²) >= 11 is 0. The Morgan fingerprint density at radius 2 is 1.91 bits per heavy atom. The number of benzene rings is 3. The lowest BCUT2D eigenvalue weighted by Gasteiger charge is -2.20. The molecule has 3 aromatic rings. The Labute approximate surface area is 193 Å². The number of anilines is 2. The summed E-state index contributed by atoms with van der Waals surface area (Å²) in [6, 6.07) is 20.4. The van der Waals surface area contributed by atoms with E-state index in [2.05, 4.69) is 11.4 Å². The van der Waals surface area contributed by atoms with Gasteiger partial charge in [-0.25, -0.2) is 0 Å². The molecule has 3 aromatic carbocycles. The molecule has 2 amide bonds. The van der Waals surface area contributed by atoms with Crippen molar-refractivity contribution in [2.75, 3.05) is 17.3 Å². The number of carbonyl (C=O) groups excluding carboxylic acids is 2. The molecule has 0 atom stereocenters. The molecule has 0 aliphatic carbocycles. The fourth-order valence-corrected chi connectivity index (χ4v) is 3.90. The number of methoxy groups -OCH3 is 1. The SMILES string of the molecule is COc1ccc2c(c1)C(=O)N(c1cc(NC(=O)c3cccc(C(C)(C)C#N)c3)ccc1C)C2. The highest BCUT2D eigenvalue weighted by molar-refractivity contribution is 6.11. The molecule has 0 radical (unpaired) electrons. The minimum absolute atomic E-state index is 0.0955. The third-order valence-corrected chi connectivity index (χ3v) is 6.00. The highest BCUT2D eigenvalue weighted by Crippen LogP contribution is 2.34. The number of hydrogen-bond acceptors (Lipinski definition) is 4. The van der Waals surface area contributed by atoms with Crippen LogP contribution in [0.2, 0.25) is 0 Å². The number of ether oxygens (including phenoxy) is 1. The van der Waals surface area contributed by atoms with Crippen LogP contribution in [0.5, 0.6) is 5.75 Å². The molecule has 0 saturated carbocycles. The molecular weight excluding hydrogens is 414 g/mol. The predicted octanol–water partition coefficient (Wildman–Crippen LogP) is 5.22. The van der Waals surface area contributed by atoms with Gasteiger partial charge in [0.25, 0.3) is 11.8 Å². The van der Waals surface area contributed by atoms with Crippen LogP contribution in [0.15, 0.2) is 60.7 Å². The van der Waals surface area contributed by atoms with Gasteiger partial charge in [-0.15, -0.1) is 0 Å². The third kappa shape index (κ3) is 4.18. The summed E-state index contributed by atoms with van der Waals surface area (Å²) < 4.78 is 5.26. The summed E-state index contributed by atoms with van der Waals surface area (Å²) in [5, 5.41) is 12.3. The van der Waals surface area contributed by atoms with Crippen LogP contribution in [0.25, 0.3) is 0 Å². The molecule has 0 aromatic heterocycles. The van der Waals surface area contributed by atoms with Gasteiger partial charge in [0.2, 0.25) is 0 Å². The van der Waals surface area contributed by atoms with Gasteiger partial charge in [-0.05, 0) is 73.9 Å². The zero-order valence-electron chi connectivity index (χ0n) is 19.1. The summed E-state index contributed by atoms with van der Waals surface area (Å²) in [4.78, 5) is 27.7. The maximum Gasteiger partial charge on any atom is 0.259 e. The van der Waals surface area contributed by atoms with E-state index in [1.165, 1.54) is 0 Å². The molecule has 0 fully saturated rings. The van der Waals surface area contributed by atoms with Gasteiger partial charge in [-0.1, -0.05) is 24.3 Å². The van der Waals surface area contributed by atoms with Crippen molar-refractivity contribution in [3.63, 3.8) is 0 Å². The molecular formula is C27H25N3O3. The molecule has 4 rings (SSSR count). The van der Waals surface area contributed by atoms with Crippen molar-refractivity contribution in [1.29, 1.82) is 5.26 Å². The number of amides is 2. The fraction of sp³-hybridized carbons (Fsp3) is 0.222. The Morgan fingerprint density at radius 3 is 2.64 bits per heavy atom. The summed E-state index contributed by atoms with van der Waals surface area (Å²) in [5.41, 5.74) is 4.37. The van der Waals surface area contributed by atoms with Gasteiger partial charge in [0.1, 0.15) is 5.75 Å². The zero-order chi connectivity index (χ0) is 23.8. The molecule has 6 nitrogen and oxygen atoms in total. The number of nitrogens with zero attached hydrogens (tertiary/aromatic N) is 2. The average molecular weight is 440 g/mol. The van der Waals surface area contributed by atoms with Gasteiger partial charge in [0.15, 0.2) is 0 Å². The molecule has 6 heteroatoms. The Kier molecular flexibility index (Phi) is 5.65. The van der Waals surface area contributed by atoms with Crippen molar-refractivity contribution in [3.05, 3.63) is 88.5 Å². The molecule has 0 bridgehead atoms. The van der Waals surface area contributed by atoms with E-state index in [1.807, 2.05) is 57.2 Å². The molecule has 1 heterocycles. The number of nitriles is 1. The maximum atomic E-state index is 13.1. The Bertz CT molecular complexity index is 1300. The fourth-order valence-electron chi connectivity index (χ4n) is 3.90. The number of nitrogens with one attached hydrogen (secondary N) is 1. The second kappa shape index (κ2) is 8.44. The van der Waals surface area contributed by atoms with E-state index in [0.717, 1.165) is 22.4 Å². The lowest BCUT2D eigenvalue weighted by molar-refractivity contribution is 0.0994. The molecule has 1 aliphatic heterocycles. The van der Waals surface area contributed by atoms with E-state index in [0.29, 0.717) is 29.1 Å². The van der Waals surface area contributed by atoms with E-state index in [1.54, 1.807) is 36.3 Å². The monoisotopic (exact) mass is 439 g/mol. The van der Waals surface area contributed by atoms with Gasteiger partial charge in [0, 0.05) is 22.5 Å². The standard InChI is InChI=1S/C27H25N3O3/c1-17-8-10-21(29-25(31)18-6-5-7-20(12-18)27(2,3)16-28)13-24(17)30-15-19-9-11-22(33-4)14-23(19)26(30)32/h5-14H,15H2,1-4H3,(H,29,31). The van der Waals surface area contributed by atoms with Gasteiger partial charge in [0.05, 0.1) is 25.1 Å². The highest BCUT2D eigenvalue weighted by Gasteiger charge is 2.30. The second-order valence-corrected chi connectivity index (χ2v) is 8.69. The molecule has 1 aliphatic rings. The van der Waals surface area contributed by atoms with Crippen LogP contribution in [0.1, 0.15) is 51.3 Å². The van der Waals surface area contributed by atoms with Crippen molar-refractivity contribution in [1.82, 2.24) is 0 Å². The minimum Gasteiger partial charge on any atom is -0.497 e. The number of fused-ring (bicyclic) bond motifs is 1. The largest absolute Gasteiger partial charge is 0.497 e. The summed E-state index contributed by atoms with van der Waals surface area (Å²) in [5.74, 6) is 0.270. The third-order valence-electron chi connectivity index (χ3n) is 6.00. The number of rotatable bonds is 5. The quantitative estimate of drug-likeness (QED) is 0.591. The van der Waals surface area contributed by atoms with Gasteiger partial charge < -0.3 is 15.0 Å². The molecule has 0 saturated heterocycles. The number of aryl methyl sites for hydroxylation is 1. The molecule has 0 spiro atoms. The van der Waals surface area contributed by atoms with Crippen LogP contribution >= 0.6 is 0 Å². The van der Waals surface area contributed by atoms with Gasteiger partial charge >= 0.3 is 0 Å². The first-order valence-corrected chi connectivity index (χ1v) is 10.7. The zero-order valence-corrected chi connectivity index (χ0v) is 19.1. The Hall–Kier alpha value is -4.11. The topological polar surface area (TPSA) is 82.4 Å². The normalized spacial score (nSPS) is 12.8. The van der Waals surface area contributed by atoms with Crippen LogP contribution in [0.3, 0.4) is 0 Å². The van der Waals surface area contributed by atoms with Crippen LogP contribution in [-0.2, 0) is 12.0 Å². The van der Waals surface area contributed by atoms with Gasteiger partial charge in [-0.3, -0.25) is 9.59 Å². The first-order valence-electron chi connectivity index (χ1n) is 10.7. The van der Waals surface area contributed by atoms with Crippen LogP contribution < -0.4 is 15.0 Å². The smallest absolute Gasteiger partial charge is 0.259 e. The molecule has 33 heavy (non-hydrogen) atoms. The first kappa shape index (κ1) is 22.1. The van der Waals surface area contributed by atoms with Crippen molar-refractivity contribution in [3.8, 4) is 11.8 Å². The predicted molar refractivity (Wildman–Crippen MR) is 128 cm³/mol. The Balaban J connectivity index is 1.59. The van der Waals surface area contributed by atoms with Crippen molar-refractivity contribution >= 4 is 23.2 Å². The molecule has 0 unspecified atom stereocenters.